The van der Waals surface area contributed by atoms with E-state index < -0.39 is 0 Å². The third-order valence-electron chi connectivity index (χ3n) is 5.03. The molecular formula is C16H23NOS. The molecule has 1 heterocycles. The van der Waals surface area contributed by atoms with Crippen molar-refractivity contribution in [1.29, 1.82) is 0 Å². The van der Waals surface area contributed by atoms with Crippen molar-refractivity contribution in [2.45, 2.75) is 52.0 Å². The highest BCUT2D eigenvalue weighted by molar-refractivity contribution is 7.14. The van der Waals surface area contributed by atoms with Crippen molar-refractivity contribution in [3.8, 4) is 0 Å². The van der Waals surface area contributed by atoms with E-state index in [-0.39, 0.29) is 5.91 Å². The van der Waals surface area contributed by atoms with Crippen molar-refractivity contribution < 1.29 is 4.79 Å². The van der Waals surface area contributed by atoms with E-state index in [2.05, 4.69) is 25.2 Å². The zero-order chi connectivity index (χ0) is 13.4. The molecule has 1 aromatic rings. The lowest BCUT2D eigenvalue weighted by molar-refractivity contribution is 0.0919. The Morgan fingerprint density at radius 1 is 1.42 bits per heavy atom. The van der Waals surface area contributed by atoms with Gasteiger partial charge in [-0.05, 0) is 62.5 Å². The minimum absolute atomic E-state index is 0.125. The minimum atomic E-state index is 0.125. The van der Waals surface area contributed by atoms with Crippen molar-refractivity contribution in [3.63, 3.8) is 0 Å². The average Bonchev–Trinajstić information content (AvgIpc) is 3.13. The van der Waals surface area contributed by atoms with E-state index in [1.807, 2.05) is 6.07 Å². The topological polar surface area (TPSA) is 29.1 Å². The molecule has 1 N–H and O–H groups in total. The Kier molecular flexibility index (Phi) is 3.66. The van der Waals surface area contributed by atoms with Crippen LogP contribution >= 0.6 is 11.3 Å². The molecule has 0 unspecified atom stereocenters. The number of carbonyl (C=O) groups is 1. The molecule has 0 aromatic carbocycles. The van der Waals surface area contributed by atoms with Gasteiger partial charge in [0, 0.05) is 10.9 Å². The second-order valence-corrected chi connectivity index (χ2v) is 7.39. The Bertz CT molecular complexity index is 467. The van der Waals surface area contributed by atoms with Crippen LogP contribution in [-0.2, 0) is 6.42 Å². The van der Waals surface area contributed by atoms with Gasteiger partial charge in [-0.2, -0.15) is 0 Å². The second kappa shape index (κ2) is 5.28. The number of rotatable bonds is 4. The number of fused-ring (bicyclic) bond motifs is 2. The van der Waals surface area contributed by atoms with E-state index in [9.17, 15) is 4.79 Å². The van der Waals surface area contributed by atoms with Gasteiger partial charge in [0.15, 0.2) is 0 Å². The fourth-order valence-electron chi connectivity index (χ4n) is 3.98. The number of hydrogen-bond acceptors (Lipinski definition) is 2. The molecule has 3 rings (SSSR count). The average molecular weight is 277 g/mol. The van der Waals surface area contributed by atoms with Crippen LogP contribution < -0.4 is 5.32 Å². The maximum absolute atomic E-state index is 12.2. The standard InChI is InChI=1S/C16H23NOS/c1-3-13-6-7-15(19-13)16(18)17-10(2)14-9-11-4-5-12(14)8-11/h6-7,10-12,14H,3-5,8-9H2,1-2H3,(H,17,18)/t10-,11+,12+,14-/m1/s1. The van der Waals surface area contributed by atoms with Crippen molar-refractivity contribution >= 4 is 17.2 Å². The lowest BCUT2D eigenvalue weighted by Crippen LogP contribution is -2.39. The summed E-state index contributed by atoms with van der Waals surface area (Å²) in [6, 6.07) is 4.36. The Balaban J connectivity index is 1.60. The molecule has 2 fully saturated rings. The van der Waals surface area contributed by atoms with Gasteiger partial charge in [0.05, 0.1) is 4.88 Å². The highest BCUT2D eigenvalue weighted by atomic mass is 32.1. The van der Waals surface area contributed by atoms with Crippen molar-refractivity contribution in [2.24, 2.45) is 17.8 Å². The summed E-state index contributed by atoms with van der Waals surface area (Å²) in [7, 11) is 0. The molecule has 0 spiro atoms. The molecular weight excluding hydrogens is 254 g/mol. The summed E-state index contributed by atoms with van der Waals surface area (Å²) in [5.74, 6) is 2.66. The molecule has 104 valence electrons. The molecule has 2 aliphatic rings. The van der Waals surface area contributed by atoms with E-state index in [4.69, 9.17) is 0 Å². The van der Waals surface area contributed by atoms with Crippen LogP contribution in [0, 0.1) is 17.8 Å². The van der Waals surface area contributed by atoms with Gasteiger partial charge < -0.3 is 5.32 Å². The van der Waals surface area contributed by atoms with Crippen LogP contribution in [0.4, 0.5) is 0 Å². The predicted molar refractivity (Wildman–Crippen MR) is 79.6 cm³/mol. The summed E-state index contributed by atoms with van der Waals surface area (Å²) in [5.41, 5.74) is 0. The molecule has 2 aliphatic carbocycles. The summed E-state index contributed by atoms with van der Waals surface area (Å²) < 4.78 is 0. The summed E-state index contributed by atoms with van der Waals surface area (Å²) >= 11 is 1.63. The summed E-state index contributed by atoms with van der Waals surface area (Å²) in [6.07, 6.45) is 6.56. The molecule has 2 bridgehead atoms. The molecule has 3 heteroatoms. The zero-order valence-corrected chi connectivity index (χ0v) is 12.6. The van der Waals surface area contributed by atoms with Crippen LogP contribution in [0.2, 0.25) is 0 Å². The first-order chi connectivity index (χ1) is 9.17. The lowest BCUT2D eigenvalue weighted by Gasteiger charge is -2.28. The van der Waals surface area contributed by atoms with E-state index in [1.54, 1.807) is 11.3 Å². The first kappa shape index (κ1) is 13.2. The zero-order valence-electron chi connectivity index (χ0n) is 11.8. The second-order valence-electron chi connectivity index (χ2n) is 6.22. The quantitative estimate of drug-likeness (QED) is 0.889. The first-order valence-corrected chi connectivity index (χ1v) is 8.38. The number of nitrogens with one attached hydrogen (secondary N) is 1. The maximum Gasteiger partial charge on any atom is 0.261 e. The molecule has 0 aliphatic heterocycles. The number of hydrogen-bond donors (Lipinski definition) is 1. The van der Waals surface area contributed by atoms with Gasteiger partial charge in [0.2, 0.25) is 0 Å². The fraction of sp³-hybridized carbons (Fsp3) is 0.688. The first-order valence-electron chi connectivity index (χ1n) is 7.57. The SMILES string of the molecule is CCc1ccc(C(=O)N[C@H](C)[C@H]2C[C@H]3CC[C@H]2C3)s1. The van der Waals surface area contributed by atoms with Crippen molar-refractivity contribution in [2.75, 3.05) is 0 Å². The summed E-state index contributed by atoms with van der Waals surface area (Å²) in [4.78, 5) is 14.4. The van der Waals surface area contributed by atoms with Crippen LogP contribution in [0.5, 0.6) is 0 Å². The van der Waals surface area contributed by atoms with E-state index in [1.165, 1.54) is 30.6 Å². The molecule has 19 heavy (non-hydrogen) atoms. The molecule has 2 saturated carbocycles. The van der Waals surface area contributed by atoms with E-state index in [0.29, 0.717) is 12.0 Å². The van der Waals surface area contributed by atoms with E-state index in [0.717, 1.165) is 23.1 Å². The molecule has 0 radical (unpaired) electrons. The van der Waals surface area contributed by atoms with Gasteiger partial charge in [-0.25, -0.2) is 0 Å². The number of aryl methyl sites for hydroxylation is 1. The highest BCUT2D eigenvalue weighted by Crippen LogP contribution is 2.49. The highest BCUT2D eigenvalue weighted by Gasteiger charge is 2.42. The number of carbonyl (C=O) groups excluding carboxylic acids is 1. The minimum Gasteiger partial charge on any atom is -0.349 e. The molecule has 1 amide bonds. The third kappa shape index (κ3) is 2.58. The van der Waals surface area contributed by atoms with Gasteiger partial charge in [0.25, 0.3) is 5.91 Å². The molecule has 4 atom stereocenters. The normalized spacial score (nSPS) is 30.5. The van der Waals surface area contributed by atoms with Crippen LogP contribution in [0.25, 0.3) is 0 Å². The van der Waals surface area contributed by atoms with E-state index >= 15 is 0 Å². The van der Waals surface area contributed by atoms with Gasteiger partial charge >= 0.3 is 0 Å². The van der Waals surface area contributed by atoms with Crippen LogP contribution in [0.1, 0.15) is 54.1 Å². The van der Waals surface area contributed by atoms with Crippen LogP contribution in [0.15, 0.2) is 12.1 Å². The lowest BCUT2D eigenvalue weighted by atomic mass is 9.84. The smallest absolute Gasteiger partial charge is 0.261 e. The van der Waals surface area contributed by atoms with Gasteiger partial charge in [-0.1, -0.05) is 13.3 Å². The number of amides is 1. The van der Waals surface area contributed by atoms with Crippen LogP contribution in [0.3, 0.4) is 0 Å². The molecule has 2 nitrogen and oxygen atoms in total. The summed E-state index contributed by atoms with van der Waals surface area (Å²) in [6.45, 7) is 4.32. The fourth-order valence-corrected chi connectivity index (χ4v) is 4.83. The maximum atomic E-state index is 12.2. The Morgan fingerprint density at radius 3 is 2.84 bits per heavy atom. The van der Waals surface area contributed by atoms with Crippen LogP contribution in [-0.4, -0.2) is 11.9 Å². The summed E-state index contributed by atoms with van der Waals surface area (Å²) in [5, 5.41) is 3.23. The predicted octanol–water partition coefficient (Wildman–Crippen LogP) is 3.87. The largest absolute Gasteiger partial charge is 0.349 e. The molecule has 1 aromatic heterocycles. The molecule has 0 saturated heterocycles. The van der Waals surface area contributed by atoms with Gasteiger partial charge in [0.1, 0.15) is 0 Å². The third-order valence-corrected chi connectivity index (χ3v) is 6.26. The van der Waals surface area contributed by atoms with Crippen molar-refractivity contribution in [1.82, 2.24) is 5.32 Å². The Morgan fingerprint density at radius 2 is 2.26 bits per heavy atom. The Hall–Kier alpha value is -0.830. The van der Waals surface area contributed by atoms with Gasteiger partial charge in [-0.3, -0.25) is 4.79 Å². The Labute approximate surface area is 119 Å². The monoisotopic (exact) mass is 277 g/mol. The van der Waals surface area contributed by atoms with Gasteiger partial charge in [-0.15, -0.1) is 11.3 Å². The van der Waals surface area contributed by atoms with Crippen molar-refractivity contribution in [3.05, 3.63) is 21.9 Å². The number of thiophene rings is 1.